The third-order valence-electron chi connectivity index (χ3n) is 6.04. The molecular weight excluding hydrogens is 406 g/mol. The van der Waals surface area contributed by atoms with E-state index in [1.54, 1.807) is 17.4 Å². The zero-order valence-electron chi connectivity index (χ0n) is 18.0. The molecule has 0 bridgehead atoms. The number of para-hydroxylation sites is 1. The van der Waals surface area contributed by atoms with Gasteiger partial charge in [0, 0.05) is 63.3 Å². The molecule has 2 aliphatic heterocycles. The van der Waals surface area contributed by atoms with E-state index >= 15 is 0 Å². The number of rotatable bonds is 4. The summed E-state index contributed by atoms with van der Waals surface area (Å²) < 4.78 is 1.85. The van der Waals surface area contributed by atoms with E-state index in [9.17, 15) is 9.59 Å². The molecule has 2 amide bonds. The van der Waals surface area contributed by atoms with Gasteiger partial charge in [-0.3, -0.25) is 14.2 Å². The van der Waals surface area contributed by atoms with Crippen molar-refractivity contribution in [1.82, 2.24) is 24.4 Å². The van der Waals surface area contributed by atoms with Crippen LogP contribution in [0.4, 0.5) is 11.5 Å². The van der Waals surface area contributed by atoms with Crippen LogP contribution in [0.3, 0.4) is 0 Å². The van der Waals surface area contributed by atoms with Crippen molar-refractivity contribution in [2.45, 2.75) is 13.3 Å². The summed E-state index contributed by atoms with van der Waals surface area (Å²) in [5.41, 5.74) is 0.852. The maximum atomic E-state index is 13.1. The lowest BCUT2D eigenvalue weighted by molar-refractivity contribution is -0.136. The van der Waals surface area contributed by atoms with Crippen molar-refractivity contribution in [3.63, 3.8) is 0 Å². The van der Waals surface area contributed by atoms with Gasteiger partial charge in [0.05, 0.1) is 5.92 Å². The molecule has 1 unspecified atom stereocenters. The quantitative estimate of drug-likeness (QED) is 0.625. The first-order valence-electron chi connectivity index (χ1n) is 10.8. The van der Waals surface area contributed by atoms with Gasteiger partial charge in [-0.1, -0.05) is 18.2 Å². The van der Waals surface area contributed by atoms with Crippen LogP contribution in [0.5, 0.6) is 0 Å². The summed E-state index contributed by atoms with van der Waals surface area (Å²) in [7, 11) is 0. The Kier molecular flexibility index (Phi) is 5.30. The summed E-state index contributed by atoms with van der Waals surface area (Å²) >= 11 is 0. The minimum atomic E-state index is -0.289. The van der Waals surface area contributed by atoms with Gasteiger partial charge in [0.25, 0.3) is 0 Å². The fourth-order valence-electron chi connectivity index (χ4n) is 4.37. The largest absolute Gasteiger partial charge is 0.353 e. The van der Waals surface area contributed by atoms with E-state index in [-0.39, 0.29) is 24.2 Å². The van der Waals surface area contributed by atoms with Crippen molar-refractivity contribution in [3.8, 4) is 5.82 Å². The highest BCUT2D eigenvalue weighted by Gasteiger charge is 2.38. The van der Waals surface area contributed by atoms with Gasteiger partial charge in [-0.15, -0.1) is 0 Å². The highest BCUT2D eigenvalue weighted by molar-refractivity contribution is 6.00. The lowest BCUT2D eigenvalue weighted by Crippen LogP contribution is -2.51. The average Bonchev–Trinajstić information content (AvgIpc) is 3.49. The fourth-order valence-corrected chi connectivity index (χ4v) is 4.37. The van der Waals surface area contributed by atoms with Crippen LogP contribution in [0.2, 0.25) is 0 Å². The number of aryl methyl sites for hydroxylation is 1. The third-order valence-corrected chi connectivity index (χ3v) is 6.04. The van der Waals surface area contributed by atoms with Crippen molar-refractivity contribution in [2.75, 3.05) is 42.5 Å². The van der Waals surface area contributed by atoms with E-state index in [4.69, 9.17) is 0 Å². The molecule has 1 aromatic carbocycles. The van der Waals surface area contributed by atoms with Gasteiger partial charge in [0.2, 0.25) is 11.8 Å². The topological polar surface area (TPSA) is 87.5 Å². The molecule has 0 aliphatic carbocycles. The second-order valence-electron chi connectivity index (χ2n) is 8.15. The van der Waals surface area contributed by atoms with Crippen LogP contribution in [-0.4, -0.2) is 69.0 Å². The molecule has 2 fully saturated rings. The number of anilines is 2. The highest BCUT2D eigenvalue weighted by Crippen LogP contribution is 2.27. The van der Waals surface area contributed by atoms with E-state index < -0.39 is 0 Å². The molecule has 5 rings (SSSR count). The SMILES string of the molecule is Cc1nc(N2CCN(C(=O)C3CC(=O)N(c4ccccc4)C3)CC2)cc(-n2ccnc2)n1. The maximum Gasteiger partial charge on any atom is 0.228 e. The van der Waals surface area contributed by atoms with Crippen molar-refractivity contribution >= 4 is 23.3 Å². The number of hydrogen-bond donors (Lipinski definition) is 0. The molecule has 0 spiro atoms. The molecule has 2 saturated heterocycles. The normalized spacial score (nSPS) is 19.0. The number of carbonyl (C=O) groups is 2. The Hall–Kier alpha value is -3.75. The molecule has 2 aromatic heterocycles. The van der Waals surface area contributed by atoms with Gasteiger partial charge in [-0.25, -0.2) is 15.0 Å². The van der Waals surface area contributed by atoms with E-state index in [2.05, 4.69) is 19.9 Å². The summed E-state index contributed by atoms with van der Waals surface area (Å²) in [5.74, 6) is 2.10. The Balaban J connectivity index is 1.23. The Morgan fingerprint density at radius 1 is 1.03 bits per heavy atom. The molecule has 0 N–H and O–H groups in total. The highest BCUT2D eigenvalue weighted by atomic mass is 16.2. The van der Waals surface area contributed by atoms with Gasteiger partial charge < -0.3 is 14.7 Å². The van der Waals surface area contributed by atoms with Gasteiger partial charge in [0.1, 0.15) is 23.8 Å². The van der Waals surface area contributed by atoms with Crippen LogP contribution in [0.1, 0.15) is 12.2 Å². The Labute approximate surface area is 186 Å². The van der Waals surface area contributed by atoms with Gasteiger partial charge in [0.15, 0.2) is 0 Å². The number of imidazole rings is 1. The zero-order valence-corrected chi connectivity index (χ0v) is 18.0. The number of piperazine rings is 1. The summed E-state index contributed by atoms with van der Waals surface area (Å²) in [6.07, 6.45) is 5.55. The van der Waals surface area contributed by atoms with Crippen molar-refractivity contribution in [1.29, 1.82) is 0 Å². The fraction of sp³-hybridized carbons (Fsp3) is 0.348. The Bertz CT molecular complexity index is 1110. The van der Waals surface area contributed by atoms with Crippen LogP contribution in [0.25, 0.3) is 5.82 Å². The Morgan fingerprint density at radius 3 is 2.50 bits per heavy atom. The predicted molar refractivity (Wildman–Crippen MR) is 120 cm³/mol. The zero-order chi connectivity index (χ0) is 22.1. The van der Waals surface area contributed by atoms with Crippen molar-refractivity contribution in [2.24, 2.45) is 5.92 Å². The number of amides is 2. The molecule has 3 aromatic rings. The molecule has 9 heteroatoms. The number of hydrogen-bond acceptors (Lipinski definition) is 6. The number of benzene rings is 1. The smallest absolute Gasteiger partial charge is 0.228 e. The predicted octanol–water partition coefficient (Wildman–Crippen LogP) is 1.67. The lowest BCUT2D eigenvalue weighted by Gasteiger charge is -2.36. The molecule has 9 nitrogen and oxygen atoms in total. The molecule has 2 aliphatic rings. The molecule has 4 heterocycles. The second kappa shape index (κ2) is 8.41. The summed E-state index contributed by atoms with van der Waals surface area (Å²) in [4.78, 5) is 44.6. The molecular formula is C23H25N7O2. The molecule has 0 saturated carbocycles. The number of carbonyl (C=O) groups excluding carboxylic acids is 2. The van der Waals surface area contributed by atoms with Crippen LogP contribution in [0.15, 0.2) is 55.1 Å². The molecule has 164 valence electrons. The third kappa shape index (κ3) is 3.93. The lowest BCUT2D eigenvalue weighted by atomic mass is 10.1. The van der Waals surface area contributed by atoms with Gasteiger partial charge >= 0.3 is 0 Å². The number of nitrogens with zero attached hydrogens (tertiary/aromatic N) is 7. The second-order valence-corrected chi connectivity index (χ2v) is 8.15. The minimum absolute atomic E-state index is 0.0108. The van der Waals surface area contributed by atoms with Crippen molar-refractivity contribution in [3.05, 3.63) is 60.9 Å². The van der Waals surface area contributed by atoms with Crippen LogP contribution >= 0.6 is 0 Å². The van der Waals surface area contributed by atoms with E-state index in [0.717, 1.165) is 17.3 Å². The summed E-state index contributed by atoms with van der Waals surface area (Å²) in [6.45, 7) is 4.92. The average molecular weight is 432 g/mol. The minimum Gasteiger partial charge on any atom is -0.353 e. The van der Waals surface area contributed by atoms with Gasteiger partial charge in [-0.2, -0.15) is 0 Å². The first kappa shape index (κ1) is 20.2. The first-order valence-corrected chi connectivity index (χ1v) is 10.8. The molecule has 32 heavy (non-hydrogen) atoms. The summed E-state index contributed by atoms with van der Waals surface area (Å²) in [5, 5.41) is 0. The van der Waals surface area contributed by atoms with Crippen LogP contribution < -0.4 is 9.80 Å². The van der Waals surface area contributed by atoms with Crippen molar-refractivity contribution < 1.29 is 9.59 Å². The van der Waals surface area contributed by atoms with E-state index in [1.165, 1.54) is 0 Å². The maximum absolute atomic E-state index is 13.1. The van der Waals surface area contributed by atoms with Gasteiger partial charge in [-0.05, 0) is 19.1 Å². The van der Waals surface area contributed by atoms with Crippen LogP contribution in [0, 0.1) is 12.8 Å². The number of aromatic nitrogens is 4. The summed E-state index contributed by atoms with van der Waals surface area (Å²) in [6, 6.07) is 11.5. The first-order chi connectivity index (χ1) is 15.6. The van der Waals surface area contributed by atoms with E-state index in [1.807, 2.05) is 59.0 Å². The van der Waals surface area contributed by atoms with Crippen LogP contribution in [-0.2, 0) is 9.59 Å². The molecule has 1 atom stereocenters. The molecule has 0 radical (unpaired) electrons. The van der Waals surface area contributed by atoms with E-state index in [0.29, 0.717) is 38.5 Å². The monoisotopic (exact) mass is 431 g/mol. The Morgan fingerprint density at radius 2 is 1.78 bits per heavy atom. The standard InChI is InChI=1S/C23H25N7O2/c1-17-25-20(14-21(26-17)29-8-7-24-16-29)27-9-11-28(12-10-27)23(32)18-13-22(31)30(15-18)19-5-3-2-4-6-19/h2-8,14,16,18H,9-13,15H2,1H3.